The number of halogens is 4. The van der Waals surface area contributed by atoms with Crippen LogP contribution in [0, 0.1) is 5.41 Å². The second-order valence-corrected chi connectivity index (χ2v) is 7.14. The minimum absolute atomic E-state index is 0. The maximum Gasteiger partial charge on any atom is 0.422 e. The summed E-state index contributed by atoms with van der Waals surface area (Å²) in [5.74, 6) is 0.599. The average Bonchev–Trinajstić information content (AvgIpc) is 3.14. The summed E-state index contributed by atoms with van der Waals surface area (Å²) in [5.41, 5.74) is 0.980. The quantitative estimate of drug-likeness (QED) is 0.288. The molecule has 0 aromatic carbocycles. The van der Waals surface area contributed by atoms with Crippen molar-refractivity contribution in [3.05, 3.63) is 23.9 Å². The van der Waals surface area contributed by atoms with E-state index < -0.39 is 12.8 Å². The van der Waals surface area contributed by atoms with Gasteiger partial charge < -0.3 is 20.1 Å². The van der Waals surface area contributed by atoms with Crippen LogP contribution in [0.1, 0.15) is 37.7 Å². The summed E-state index contributed by atoms with van der Waals surface area (Å²) in [5, 5.41) is 6.56. The van der Waals surface area contributed by atoms with Gasteiger partial charge in [-0.1, -0.05) is 12.8 Å². The van der Waals surface area contributed by atoms with Gasteiger partial charge in [-0.3, -0.25) is 4.99 Å². The van der Waals surface area contributed by atoms with Crippen LogP contribution in [-0.4, -0.2) is 51.0 Å². The monoisotopic (exact) mass is 530 g/mol. The predicted octanol–water partition coefficient (Wildman–Crippen LogP) is 3.90. The predicted molar refractivity (Wildman–Crippen MR) is 117 cm³/mol. The highest BCUT2D eigenvalue weighted by Gasteiger charge is 2.33. The Kier molecular flexibility index (Phi) is 11.0. The van der Waals surface area contributed by atoms with Crippen LogP contribution in [0.2, 0.25) is 0 Å². The molecule has 1 saturated carbocycles. The molecule has 0 amide bonds. The van der Waals surface area contributed by atoms with Crippen molar-refractivity contribution in [3.8, 4) is 5.88 Å². The van der Waals surface area contributed by atoms with Gasteiger partial charge in [0.2, 0.25) is 5.88 Å². The molecule has 1 aromatic heterocycles. The number of ether oxygens (including phenoxy) is 2. The van der Waals surface area contributed by atoms with E-state index in [-0.39, 0.29) is 35.3 Å². The zero-order valence-corrected chi connectivity index (χ0v) is 19.2. The molecule has 0 radical (unpaired) electrons. The lowest BCUT2D eigenvalue weighted by Gasteiger charge is -2.30. The highest BCUT2D eigenvalue weighted by atomic mass is 127. The van der Waals surface area contributed by atoms with Gasteiger partial charge in [0.15, 0.2) is 12.6 Å². The first-order valence-corrected chi connectivity index (χ1v) is 9.44. The van der Waals surface area contributed by atoms with Crippen LogP contribution in [0.15, 0.2) is 23.3 Å². The number of nitrogens with zero attached hydrogens (tertiary/aromatic N) is 2. The van der Waals surface area contributed by atoms with Crippen molar-refractivity contribution in [3.63, 3.8) is 0 Å². The highest BCUT2D eigenvalue weighted by molar-refractivity contribution is 14.0. The zero-order chi connectivity index (χ0) is 20.5. The summed E-state index contributed by atoms with van der Waals surface area (Å²) in [7, 11) is 3.41. The molecular formula is C19H30F3IN4O2. The lowest BCUT2D eigenvalue weighted by Crippen LogP contribution is -2.43. The minimum Gasteiger partial charge on any atom is -0.468 e. The van der Waals surface area contributed by atoms with Gasteiger partial charge in [0.05, 0.1) is 0 Å². The van der Waals surface area contributed by atoms with E-state index in [9.17, 15) is 13.2 Å². The summed E-state index contributed by atoms with van der Waals surface area (Å²) in [6, 6.07) is 3.21. The van der Waals surface area contributed by atoms with Crippen LogP contribution in [0.25, 0.3) is 0 Å². The van der Waals surface area contributed by atoms with Crippen LogP contribution in [0.4, 0.5) is 13.2 Å². The van der Waals surface area contributed by atoms with E-state index in [1.54, 1.807) is 20.2 Å². The van der Waals surface area contributed by atoms with Gasteiger partial charge in [-0.25, -0.2) is 4.98 Å². The molecule has 1 aliphatic rings. The van der Waals surface area contributed by atoms with E-state index in [1.807, 2.05) is 0 Å². The molecule has 0 atom stereocenters. The van der Waals surface area contributed by atoms with Crippen LogP contribution in [0.3, 0.4) is 0 Å². The van der Waals surface area contributed by atoms with Crippen molar-refractivity contribution in [1.29, 1.82) is 0 Å². The molecule has 2 rings (SSSR count). The number of methoxy groups -OCH3 is 1. The first kappa shape index (κ1) is 25.7. The molecule has 1 fully saturated rings. The molecule has 1 heterocycles. The third kappa shape index (κ3) is 9.37. The molecule has 2 N–H and O–H groups in total. The number of rotatable bonds is 9. The first-order chi connectivity index (χ1) is 13.4. The van der Waals surface area contributed by atoms with E-state index in [1.165, 1.54) is 37.9 Å². The van der Waals surface area contributed by atoms with Crippen LogP contribution >= 0.6 is 24.0 Å². The molecular weight excluding hydrogens is 500 g/mol. The van der Waals surface area contributed by atoms with Crippen LogP contribution < -0.4 is 15.4 Å². The molecule has 0 unspecified atom stereocenters. The van der Waals surface area contributed by atoms with Gasteiger partial charge in [0.1, 0.15) is 0 Å². The van der Waals surface area contributed by atoms with Gasteiger partial charge in [0, 0.05) is 46.1 Å². The van der Waals surface area contributed by atoms with E-state index in [4.69, 9.17) is 4.74 Å². The Hall–Kier alpha value is -1.30. The molecule has 0 bridgehead atoms. The normalized spacial score (nSPS) is 16.2. The van der Waals surface area contributed by atoms with Crippen molar-refractivity contribution < 1.29 is 22.6 Å². The maximum absolute atomic E-state index is 12.3. The fourth-order valence-electron chi connectivity index (χ4n) is 3.43. The van der Waals surface area contributed by atoms with Crippen molar-refractivity contribution in [2.24, 2.45) is 10.4 Å². The van der Waals surface area contributed by atoms with Gasteiger partial charge in [-0.2, -0.15) is 13.2 Å². The van der Waals surface area contributed by atoms with Crippen molar-refractivity contribution in [1.82, 2.24) is 15.6 Å². The van der Waals surface area contributed by atoms with Crippen molar-refractivity contribution in [2.45, 2.75) is 44.8 Å². The van der Waals surface area contributed by atoms with Gasteiger partial charge in [-0.15, -0.1) is 24.0 Å². The standard InChI is InChI=1S/C19H29F3N4O2.HI/c1-23-17(26-13-18(8-10-27-2)6-3-4-7-18)25-12-15-5-9-24-16(11-15)28-14-19(20,21)22;/h5,9,11H,3-4,6-8,10,12-14H2,1-2H3,(H2,23,25,26);1H. The maximum atomic E-state index is 12.3. The van der Waals surface area contributed by atoms with E-state index in [0.29, 0.717) is 12.5 Å². The number of guanidine groups is 1. The molecule has 0 saturated heterocycles. The number of aliphatic imine (C=N–C) groups is 1. The van der Waals surface area contributed by atoms with E-state index in [0.717, 1.165) is 25.1 Å². The summed E-state index contributed by atoms with van der Waals surface area (Å²) < 4.78 is 46.7. The van der Waals surface area contributed by atoms with E-state index in [2.05, 4.69) is 25.3 Å². The molecule has 1 aromatic rings. The molecule has 0 aliphatic heterocycles. The molecule has 1 aliphatic carbocycles. The largest absolute Gasteiger partial charge is 0.468 e. The minimum atomic E-state index is -4.39. The molecule has 10 heteroatoms. The fraction of sp³-hybridized carbons (Fsp3) is 0.684. The molecule has 29 heavy (non-hydrogen) atoms. The number of aromatic nitrogens is 1. The number of alkyl halides is 3. The second kappa shape index (κ2) is 12.4. The Labute approximate surface area is 187 Å². The Balaban J connectivity index is 0.00000420. The SMILES string of the molecule is CN=C(NCc1ccnc(OCC(F)(F)F)c1)NCC1(CCOC)CCCC1.I. The Morgan fingerprint density at radius 1 is 1.28 bits per heavy atom. The van der Waals surface area contributed by atoms with Gasteiger partial charge >= 0.3 is 6.18 Å². The molecule has 166 valence electrons. The third-order valence-corrected chi connectivity index (χ3v) is 5.00. The van der Waals surface area contributed by atoms with Gasteiger partial charge in [-0.05, 0) is 36.3 Å². The Morgan fingerprint density at radius 2 is 2.00 bits per heavy atom. The number of hydrogen-bond acceptors (Lipinski definition) is 4. The van der Waals surface area contributed by atoms with Crippen molar-refractivity contribution >= 4 is 29.9 Å². The summed E-state index contributed by atoms with van der Waals surface area (Å²) in [4.78, 5) is 8.04. The molecule has 0 spiro atoms. The smallest absolute Gasteiger partial charge is 0.422 e. The number of hydrogen-bond donors (Lipinski definition) is 2. The molecule has 6 nitrogen and oxygen atoms in total. The summed E-state index contributed by atoms with van der Waals surface area (Å²) in [6.07, 6.45) is 2.86. The van der Waals surface area contributed by atoms with Gasteiger partial charge in [0.25, 0.3) is 0 Å². The topological polar surface area (TPSA) is 67.8 Å². The number of nitrogens with one attached hydrogen (secondary N) is 2. The van der Waals surface area contributed by atoms with Crippen LogP contribution in [-0.2, 0) is 11.3 Å². The van der Waals surface area contributed by atoms with E-state index >= 15 is 0 Å². The second-order valence-electron chi connectivity index (χ2n) is 7.14. The third-order valence-electron chi connectivity index (χ3n) is 5.00. The average molecular weight is 530 g/mol. The summed E-state index contributed by atoms with van der Waals surface area (Å²) in [6.45, 7) is 0.594. The first-order valence-electron chi connectivity index (χ1n) is 9.44. The fourth-order valence-corrected chi connectivity index (χ4v) is 3.43. The lowest BCUT2D eigenvalue weighted by atomic mass is 9.83. The summed E-state index contributed by atoms with van der Waals surface area (Å²) >= 11 is 0. The Bertz CT molecular complexity index is 638. The Morgan fingerprint density at radius 3 is 2.62 bits per heavy atom. The zero-order valence-electron chi connectivity index (χ0n) is 16.8. The lowest BCUT2D eigenvalue weighted by molar-refractivity contribution is -0.154. The van der Waals surface area contributed by atoms with Crippen LogP contribution in [0.5, 0.6) is 5.88 Å². The highest BCUT2D eigenvalue weighted by Crippen LogP contribution is 2.40. The van der Waals surface area contributed by atoms with Crippen molar-refractivity contribution in [2.75, 3.05) is 33.9 Å². The number of pyridine rings is 1.